The Labute approximate surface area is 148 Å². The Morgan fingerprint density at radius 3 is 2.72 bits per heavy atom. The summed E-state index contributed by atoms with van der Waals surface area (Å²) in [5.41, 5.74) is 2.54. The van der Waals surface area contributed by atoms with Gasteiger partial charge in [0, 0.05) is 24.0 Å². The molecule has 2 aromatic carbocycles. The van der Waals surface area contributed by atoms with Gasteiger partial charge in [-0.1, -0.05) is 35.9 Å². The van der Waals surface area contributed by atoms with Crippen molar-refractivity contribution in [1.29, 1.82) is 0 Å². The number of hydrogen-bond donors (Lipinski definition) is 1. The van der Waals surface area contributed by atoms with E-state index in [1.54, 1.807) is 53.6 Å². The van der Waals surface area contributed by atoms with Crippen molar-refractivity contribution in [3.63, 3.8) is 0 Å². The van der Waals surface area contributed by atoms with Gasteiger partial charge >= 0.3 is 0 Å². The van der Waals surface area contributed by atoms with E-state index in [1.165, 1.54) is 0 Å². The summed E-state index contributed by atoms with van der Waals surface area (Å²) in [6.07, 6.45) is 5.06. The van der Waals surface area contributed by atoms with E-state index in [0.717, 1.165) is 10.9 Å². The largest absolute Gasteiger partial charge is 0.320 e. The van der Waals surface area contributed by atoms with Crippen molar-refractivity contribution in [1.82, 2.24) is 14.8 Å². The van der Waals surface area contributed by atoms with E-state index >= 15 is 0 Å². The van der Waals surface area contributed by atoms with Crippen molar-refractivity contribution >= 4 is 34.1 Å². The second-order valence-corrected chi connectivity index (χ2v) is 5.82. The molecule has 4 aromatic rings. The Morgan fingerprint density at radius 1 is 1.00 bits per heavy atom. The minimum Gasteiger partial charge on any atom is -0.320 e. The maximum atomic E-state index is 12.8. The van der Waals surface area contributed by atoms with Crippen molar-refractivity contribution in [3.05, 3.63) is 83.8 Å². The molecular formula is C19H13ClN4O. The average molecular weight is 349 g/mol. The third-order valence-electron chi connectivity index (χ3n) is 3.86. The van der Waals surface area contributed by atoms with Crippen molar-refractivity contribution in [2.24, 2.45) is 0 Å². The van der Waals surface area contributed by atoms with Gasteiger partial charge in [0.1, 0.15) is 5.69 Å². The Bertz CT molecular complexity index is 1050. The van der Waals surface area contributed by atoms with Crippen LogP contribution in [0, 0.1) is 0 Å². The number of nitrogens with one attached hydrogen (secondary N) is 1. The molecule has 4 rings (SSSR count). The van der Waals surface area contributed by atoms with Crippen LogP contribution in [0.3, 0.4) is 0 Å². The molecule has 2 heterocycles. The van der Waals surface area contributed by atoms with Gasteiger partial charge in [-0.25, -0.2) is 4.68 Å². The number of carbonyl (C=O) groups excluding carboxylic acids is 1. The number of fused-ring (bicyclic) bond motifs is 1. The van der Waals surface area contributed by atoms with E-state index < -0.39 is 0 Å². The summed E-state index contributed by atoms with van der Waals surface area (Å²) in [6, 6.07) is 16.4. The first kappa shape index (κ1) is 15.4. The Kier molecular flexibility index (Phi) is 3.91. The number of halogens is 1. The third-order valence-corrected chi connectivity index (χ3v) is 4.17. The molecule has 1 N–H and O–H groups in total. The van der Waals surface area contributed by atoms with E-state index in [9.17, 15) is 4.79 Å². The molecule has 0 bridgehead atoms. The molecule has 0 saturated carbocycles. The van der Waals surface area contributed by atoms with Crippen molar-refractivity contribution in [2.75, 3.05) is 5.32 Å². The number of aromatic nitrogens is 3. The smallest absolute Gasteiger partial charge is 0.256 e. The molecule has 0 saturated heterocycles. The minimum absolute atomic E-state index is 0.228. The van der Waals surface area contributed by atoms with Crippen LogP contribution in [0.15, 0.2) is 73.2 Å². The van der Waals surface area contributed by atoms with E-state index in [1.807, 2.05) is 24.3 Å². The quantitative estimate of drug-likeness (QED) is 0.599. The fraction of sp³-hybridized carbons (Fsp3) is 0. The lowest BCUT2D eigenvalue weighted by molar-refractivity contribution is 0.102. The molecule has 0 unspecified atom stereocenters. The Hall–Kier alpha value is -3.18. The van der Waals surface area contributed by atoms with E-state index in [2.05, 4.69) is 15.4 Å². The number of hydrogen-bond acceptors (Lipinski definition) is 3. The highest BCUT2D eigenvalue weighted by atomic mass is 35.5. The molecule has 0 atom stereocenters. The SMILES string of the molecule is O=C(Nc1cccc(Cl)c1-n1cccn1)c1ccnc2ccccc12. The summed E-state index contributed by atoms with van der Waals surface area (Å²) in [7, 11) is 0. The van der Waals surface area contributed by atoms with Gasteiger partial charge in [-0.3, -0.25) is 9.78 Å². The number of benzene rings is 2. The van der Waals surface area contributed by atoms with Gasteiger partial charge in [0.05, 0.1) is 21.8 Å². The van der Waals surface area contributed by atoms with Gasteiger partial charge in [0.15, 0.2) is 0 Å². The Balaban J connectivity index is 1.76. The summed E-state index contributed by atoms with van der Waals surface area (Å²) < 4.78 is 1.63. The van der Waals surface area contributed by atoms with Gasteiger partial charge < -0.3 is 5.32 Å². The van der Waals surface area contributed by atoms with Crippen LogP contribution in [0.5, 0.6) is 0 Å². The second-order valence-electron chi connectivity index (χ2n) is 5.42. The molecule has 0 fully saturated rings. The number of rotatable bonds is 3. The normalized spacial score (nSPS) is 10.8. The summed E-state index contributed by atoms with van der Waals surface area (Å²) in [5.74, 6) is -0.228. The van der Waals surface area contributed by atoms with Crippen molar-refractivity contribution in [2.45, 2.75) is 0 Å². The lowest BCUT2D eigenvalue weighted by Gasteiger charge is -2.13. The molecule has 0 spiro atoms. The maximum Gasteiger partial charge on any atom is 0.256 e. The molecular weight excluding hydrogens is 336 g/mol. The number of anilines is 1. The summed E-state index contributed by atoms with van der Waals surface area (Å²) >= 11 is 6.32. The van der Waals surface area contributed by atoms with Crippen LogP contribution in [0.1, 0.15) is 10.4 Å². The highest BCUT2D eigenvalue weighted by Gasteiger charge is 2.15. The minimum atomic E-state index is -0.228. The second kappa shape index (κ2) is 6.37. The molecule has 0 aliphatic carbocycles. The standard InChI is InChI=1S/C19H13ClN4O/c20-15-6-3-8-17(18(15)24-12-4-10-22-24)23-19(25)14-9-11-21-16-7-2-1-5-13(14)16/h1-12H,(H,23,25). The van der Waals surface area contributed by atoms with Crippen molar-refractivity contribution < 1.29 is 4.79 Å². The molecule has 6 heteroatoms. The van der Waals surface area contributed by atoms with Crippen LogP contribution in [0.2, 0.25) is 5.02 Å². The summed E-state index contributed by atoms with van der Waals surface area (Å²) in [6.45, 7) is 0. The molecule has 1 amide bonds. The monoisotopic (exact) mass is 348 g/mol. The van der Waals surface area contributed by atoms with Crippen molar-refractivity contribution in [3.8, 4) is 5.69 Å². The maximum absolute atomic E-state index is 12.8. The summed E-state index contributed by atoms with van der Waals surface area (Å²) in [4.78, 5) is 17.1. The van der Waals surface area contributed by atoms with Crippen LogP contribution in [-0.4, -0.2) is 20.7 Å². The molecule has 5 nitrogen and oxygen atoms in total. The molecule has 0 radical (unpaired) electrons. The van der Waals surface area contributed by atoms with Gasteiger partial charge in [0.25, 0.3) is 5.91 Å². The first-order valence-corrected chi connectivity index (χ1v) is 8.05. The number of para-hydroxylation sites is 2. The predicted octanol–water partition coefficient (Wildman–Crippen LogP) is 4.33. The van der Waals surface area contributed by atoms with Gasteiger partial charge in [0.2, 0.25) is 0 Å². The third kappa shape index (κ3) is 2.86. The van der Waals surface area contributed by atoms with Crippen LogP contribution in [0.4, 0.5) is 5.69 Å². The van der Waals surface area contributed by atoms with Crippen LogP contribution in [-0.2, 0) is 0 Å². The molecule has 25 heavy (non-hydrogen) atoms. The molecule has 122 valence electrons. The number of pyridine rings is 1. The fourth-order valence-corrected chi connectivity index (χ4v) is 2.99. The first-order valence-electron chi connectivity index (χ1n) is 7.67. The zero-order chi connectivity index (χ0) is 17.2. The van der Waals surface area contributed by atoms with Gasteiger partial charge in [-0.15, -0.1) is 0 Å². The number of nitrogens with zero attached hydrogens (tertiary/aromatic N) is 3. The van der Waals surface area contributed by atoms with Crippen LogP contribution < -0.4 is 5.32 Å². The lowest BCUT2D eigenvalue weighted by Crippen LogP contribution is -2.15. The topological polar surface area (TPSA) is 59.8 Å². The molecule has 2 aromatic heterocycles. The van der Waals surface area contributed by atoms with Gasteiger partial charge in [-0.2, -0.15) is 5.10 Å². The van der Waals surface area contributed by atoms with E-state index in [4.69, 9.17) is 11.6 Å². The Morgan fingerprint density at radius 2 is 1.88 bits per heavy atom. The number of carbonyl (C=O) groups is 1. The zero-order valence-corrected chi connectivity index (χ0v) is 13.8. The van der Waals surface area contributed by atoms with Crippen LogP contribution >= 0.6 is 11.6 Å². The lowest BCUT2D eigenvalue weighted by atomic mass is 10.1. The van der Waals surface area contributed by atoms with E-state index in [-0.39, 0.29) is 5.91 Å². The fourth-order valence-electron chi connectivity index (χ4n) is 2.73. The van der Waals surface area contributed by atoms with Crippen LogP contribution in [0.25, 0.3) is 16.6 Å². The highest BCUT2D eigenvalue weighted by molar-refractivity contribution is 6.33. The van der Waals surface area contributed by atoms with Gasteiger partial charge in [-0.05, 0) is 30.3 Å². The predicted molar refractivity (Wildman–Crippen MR) is 98.3 cm³/mol. The molecule has 0 aliphatic heterocycles. The molecule has 0 aliphatic rings. The highest BCUT2D eigenvalue weighted by Crippen LogP contribution is 2.29. The average Bonchev–Trinajstić information content (AvgIpc) is 3.15. The van der Waals surface area contributed by atoms with E-state index in [0.29, 0.717) is 22.0 Å². The number of amides is 1. The summed E-state index contributed by atoms with van der Waals surface area (Å²) in [5, 5.41) is 8.44. The first-order chi connectivity index (χ1) is 12.2. The zero-order valence-electron chi connectivity index (χ0n) is 13.1.